The first-order valence-electron chi connectivity index (χ1n) is 10.2. The number of carbonyl (C=O) groups excluding carboxylic acids is 1. The van der Waals surface area contributed by atoms with E-state index in [-0.39, 0.29) is 18.6 Å². The number of aliphatic hydroxyl groups excluding tert-OH is 1. The molecule has 0 bridgehead atoms. The maximum atomic E-state index is 13.2. The van der Waals surface area contributed by atoms with Crippen molar-refractivity contribution >= 4 is 17.2 Å². The molecule has 1 amide bonds. The molecule has 0 radical (unpaired) electrons. The van der Waals surface area contributed by atoms with Crippen LogP contribution in [-0.2, 0) is 4.74 Å². The molecule has 1 aliphatic rings. The standard InChI is InChI=1S/C25H24N2O3S/c1-16(2)30-15-25(14-26)22(27-24(29)17-8-4-3-5-9-17)20-11-7-6-10-18(20)19-12-13-31-21(19)23(25)28/h3-13,16,22-23,28H,15H2,1-2H3,(H,27,29)/t22-,23-,25-/m1/s1. The van der Waals surface area contributed by atoms with Gasteiger partial charge in [-0.1, -0.05) is 42.5 Å². The van der Waals surface area contributed by atoms with Gasteiger partial charge < -0.3 is 15.2 Å². The third-order valence-corrected chi connectivity index (χ3v) is 6.65. The van der Waals surface area contributed by atoms with Crippen LogP contribution in [0.15, 0.2) is 66.0 Å². The highest BCUT2D eigenvalue weighted by atomic mass is 32.1. The van der Waals surface area contributed by atoms with Gasteiger partial charge in [0.05, 0.1) is 24.8 Å². The van der Waals surface area contributed by atoms with Gasteiger partial charge in [0.1, 0.15) is 11.5 Å². The van der Waals surface area contributed by atoms with Crippen LogP contribution in [0.3, 0.4) is 0 Å². The topological polar surface area (TPSA) is 82.3 Å². The Morgan fingerprint density at radius 3 is 2.58 bits per heavy atom. The number of aliphatic hydroxyl groups is 1. The van der Waals surface area contributed by atoms with E-state index in [1.54, 1.807) is 24.3 Å². The van der Waals surface area contributed by atoms with Gasteiger partial charge in [-0.25, -0.2) is 0 Å². The molecule has 4 rings (SSSR count). The first kappa shape index (κ1) is 21.3. The van der Waals surface area contributed by atoms with E-state index in [1.807, 2.05) is 55.6 Å². The van der Waals surface area contributed by atoms with Gasteiger partial charge >= 0.3 is 0 Å². The van der Waals surface area contributed by atoms with E-state index >= 15 is 0 Å². The average Bonchev–Trinajstić information content (AvgIpc) is 3.26. The Bertz CT molecular complexity index is 1120. The lowest BCUT2D eigenvalue weighted by Crippen LogP contribution is -2.46. The van der Waals surface area contributed by atoms with E-state index in [0.29, 0.717) is 10.4 Å². The largest absolute Gasteiger partial charge is 0.386 e. The van der Waals surface area contributed by atoms with Crippen molar-refractivity contribution in [3.63, 3.8) is 0 Å². The molecule has 2 aromatic carbocycles. The van der Waals surface area contributed by atoms with Gasteiger partial charge in [-0.15, -0.1) is 11.3 Å². The molecule has 31 heavy (non-hydrogen) atoms. The minimum Gasteiger partial charge on any atom is -0.386 e. The molecule has 0 aliphatic heterocycles. The van der Waals surface area contributed by atoms with Gasteiger partial charge in [-0.05, 0) is 54.1 Å². The summed E-state index contributed by atoms with van der Waals surface area (Å²) in [6.45, 7) is 3.75. The summed E-state index contributed by atoms with van der Waals surface area (Å²) in [5, 5.41) is 27.0. The molecular formula is C25H24N2O3S. The van der Waals surface area contributed by atoms with Crippen LogP contribution < -0.4 is 5.32 Å². The predicted molar refractivity (Wildman–Crippen MR) is 120 cm³/mol. The molecule has 1 aliphatic carbocycles. The molecule has 5 nitrogen and oxygen atoms in total. The van der Waals surface area contributed by atoms with Crippen LogP contribution in [0, 0.1) is 16.7 Å². The Hall–Kier alpha value is -2.98. The maximum Gasteiger partial charge on any atom is 0.251 e. The zero-order valence-electron chi connectivity index (χ0n) is 17.4. The van der Waals surface area contributed by atoms with Crippen LogP contribution in [0.2, 0.25) is 0 Å². The van der Waals surface area contributed by atoms with Gasteiger partial charge in [0, 0.05) is 10.4 Å². The van der Waals surface area contributed by atoms with Gasteiger partial charge in [-0.2, -0.15) is 5.26 Å². The fraction of sp³-hybridized carbons (Fsp3) is 0.280. The Labute approximate surface area is 185 Å². The molecule has 158 valence electrons. The van der Waals surface area contributed by atoms with Crippen molar-refractivity contribution in [3.05, 3.63) is 82.0 Å². The molecule has 2 N–H and O–H groups in total. The van der Waals surface area contributed by atoms with Crippen molar-refractivity contribution in [1.29, 1.82) is 5.26 Å². The molecule has 1 aromatic heterocycles. The lowest BCUT2D eigenvalue weighted by molar-refractivity contribution is -0.0489. The normalized spacial score (nSPS) is 22.2. The molecule has 0 saturated heterocycles. The number of thiophene rings is 1. The van der Waals surface area contributed by atoms with Gasteiger partial charge in [-0.3, -0.25) is 4.79 Å². The Balaban J connectivity index is 1.89. The van der Waals surface area contributed by atoms with Gasteiger partial charge in [0.25, 0.3) is 5.91 Å². The quantitative estimate of drug-likeness (QED) is 0.603. The minimum absolute atomic E-state index is 0.0201. The molecule has 0 unspecified atom stereocenters. The molecule has 0 fully saturated rings. The molecule has 6 heteroatoms. The zero-order valence-corrected chi connectivity index (χ0v) is 18.2. The number of ether oxygens (including phenoxy) is 1. The van der Waals surface area contributed by atoms with Crippen LogP contribution in [0.4, 0.5) is 0 Å². The van der Waals surface area contributed by atoms with Crippen molar-refractivity contribution < 1.29 is 14.6 Å². The summed E-state index contributed by atoms with van der Waals surface area (Å²) in [5.74, 6) is -0.304. The highest BCUT2D eigenvalue weighted by Crippen LogP contribution is 2.53. The first-order chi connectivity index (χ1) is 15.0. The van der Waals surface area contributed by atoms with Gasteiger partial charge in [0.15, 0.2) is 0 Å². The van der Waals surface area contributed by atoms with E-state index in [1.165, 1.54) is 11.3 Å². The van der Waals surface area contributed by atoms with E-state index in [4.69, 9.17) is 4.74 Å². The van der Waals surface area contributed by atoms with Crippen molar-refractivity contribution in [1.82, 2.24) is 5.32 Å². The second kappa shape index (κ2) is 8.64. The number of hydrogen-bond acceptors (Lipinski definition) is 5. The molecular weight excluding hydrogens is 408 g/mol. The lowest BCUT2D eigenvalue weighted by atomic mass is 9.74. The molecule has 3 atom stereocenters. The molecule has 0 saturated carbocycles. The molecule has 1 heterocycles. The van der Waals surface area contributed by atoms with Crippen molar-refractivity contribution in [2.45, 2.75) is 32.1 Å². The SMILES string of the molecule is CC(C)OC[C@@]1(C#N)[C@H](O)c2sccc2-c2ccccc2[C@H]1NC(=O)c1ccccc1. The van der Waals surface area contributed by atoms with Crippen LogP contribution in [0.25, 0.3) is 11.1 Å². The van der Waals surface area contributed by atoms with Crippen molar-refractivity contribution in [2.24, 2.45) is 5.41 Å². The Kier molecular flexibility index (Phi) is 5.92. The van der Waals surface area contributed by atoms with Gasteiger partial charge in [0.2, 0.25) is 0 Å². The van der Waals surface area contributed by atoms with E-state index in [9.17, 15) is 15.2 Å². The summed E-state index contributed by atoms with van der Waals surface area (Å²) in [7, 11) is 0. The summed E-state index contributed by atoms with van der Waals surface area (Å²) >= 11 is 1.41. The van der Waals surface area contributed by atoms with Crippen LogP contribution in [0.5, 0.6) is 0 Å². The Morgan fingerprint density at radius 2 is 1.87 bits per heavy atom. The minimum atomic E-state index is -1.40. The average molecular weight is 433 g/mol. The van der Waals surface area contributed by atoms with E-state index in [0.717, 1.165) is 16.7 Å². The molecule has 3 aromatic rings. The van der Waals surface area contributed by atoms with E-state index in [2.05, 4.69) is 11.4 Å². The number of hydrogen-bond donors (Lipinski definition) is 2. The van der Waals surface area contributed by atoms with Crippen LogP contribution in [0.1, 0.15) is 46.8 Å². The smallest absolute Gasteiger partial charge is 0.251 e. The highest BCUT2D eigenvalue weighted by molar-refractivity contribution is 7.10. The number of nitrogens with zero attached hydrogens (tertiary/aromatic N) is 1. The second-order valence-corrected chi connectivity index (χ2v) is 8.92. The predicted octanol–water partition coefficient (Wildman–Crippen LogP) is 4.87. The van der Waals surface area contributed by atoms with Crippen molar-refractivity contribution in [2.75, 3.05) is 6.61 Å². The monoisotopic (exact) mass is 432 g/mol. The highest BCUT2D eigenvalue weighted by Gasteiger charge is 2.52. The summed E-state index contributed by atoms with van der Waals surface area (Å²) in [6, 6.07) is 20.1. The first-order valence-corrected chi connectivity index (χ1v) is 11.1. The molecule has 0 spiro atoms. The summed E-state index contributed by atoms with van der Waals surface area (Å²) < 4.78 is 5.90. The number of fused-ring (bicyclic) bond motifs is 3. The van der Waals surface area contributed by atoms with E-state index < -0.39 is 17.6 Å². The number of amides is 1. The maximum absolute atomic E-state index is 13.2. The van der Waals surface area contributed by atoms with Crippen molar-refractivity contribution in [3.8, 4) is 17.2 Å². The number of nitriles is 1. The summed E-state index contributed by atoms with van der Waals surface area (Å²) in [5.41, 5.74) is 1.66. The van der Waals surface area contributed by atoms with Crippen LogP contribution in [-0.4, -0.2) is 23.7 Å². The fourth-order valence-electron chi connectivity index (χ4n) is 4.05. The second-order valence-electron chi connectivity index (χ2n) is 7.97. The third-order valence-electron chi connectivity index (χ3n) is 5.68. The zero-order chi connectivity index (χ0) is 22.0. The Morgan fingerprint density at radius 1 is 1.16 bits per heavy atom. The number of benzene rings is 2. The summed E-state index contributed by atoms with van der Waals surface area (Å²) in [4.78, 5) is 13.9. The fourth-order valence-corrected chi connectivity index (χ4v) is 5.05. The third kappa shape index (κ3) is 3.77. The summed E-state index contributed by atoms with van der Waals surface area (Å²) in [6.07, 6.45) is -1.26. The number of nitrogens with one attached hydrogen (secondary N) is 1. The van der Waals surface area contributed by atoms with Crippen LogP contribution >= 0.6 is 11.3 Å². The number of rotatable bonds is 5. The lowest BCUT2D eigenvalue weighted by Gasteiger charge is -2.38. The number of carbonyl (C=O) groups is 1.